The molecule has 0 radical (unpaired) electrons. The number of hydrogen-bond donors (Lipinski definition) is 1. The second-order valence-corrected chi connectivity index (χ2v) is 6.50. The van der Waals surface area contributed by atoms with Crippen LogP contribution in [0.3, 0.4) is 0 Å². The van der Waals surface area contributed by atoms with Crippen LogP contribution in [0.4, 0.5) is 9.52 Å². The maximum absolute atomic E-state index is 13.1. The van der Waals surface area contributed by atoms with E-state index in [0.717, 1.165) is 10.7 Å². The predicted molar refractivity (Wildman–Crippen MR) is 98.2 cm³/mol. The van der Waals surface area contributed by atoms with Gasteiger partial charge in [0.05, 0.1) is 12.1 Å². The lowest BCUT2D eigenvalue weighted by atomic mass is 10.2. The first-order chi connectivity index (χ1) is 12.2. The molecule has 1 heterocycles. The zero-order valence-electron chi connectivity index (χ0n) is 13.5. The topological polar surface area (TPSA) is 43.4 Å². The van der Waals surface area contributed by atoms with Crippen molar-refractivity contribution in [3.8, 4) is 11.5 Å². The van der Waals surface area contributed by atoms with E-state index in [1.54, 1.807) is 30.7 Å². The molecule has 3 aromatic rings. The average Bonchev–Trinajstić information content (AvgIpc) is 3.13. The summed E-state index contributed by atoms with van der Waals surface area (Å²) < 4.78 is 24.3. The molecule has 0 aliphatic heterocycles. The Morgan fingerprint density at radius 2 is 2.08 bits per heavy atom. The Balaban J connectivity index is 1.66. The Labute approximate surface area is 154 Å². The number of rotatable bonds is 7. The molecule has 0 aliphatic rings. The van der Waals surface area contributed by atoms with E-state index in [1.807, 2.05) is 23.6 Å². The summed E-state index contributed by atoms with van der Waals surface area (Å²) in [6.45, 7) is 0.861. The van der Waals surface area contributed by atoms with E-state index in [0.29, 0.717) is 28.6 Å². The minimum Gasteiger partial charge on any atom is -0.493 e. The molecule has 0 spiro atoms. The highest BCUT2D eigenvalue weighted by Gasteiger charge is 2.09. The van der Waals surface area contributed by atoms with E-state index in [9.17, 15) is 4.39 Å². The fraction of sp³-hybridized carbons (Fsp3) is 0.167. The molecule has 7 heteroatoms. The lowest BCUT2D eigenvalue weighted by molar-refractivity contribution is 0.284. The number of nitrogens with one attached hydrogen (secondary N) is 1. The number of benzene rings is 2. The summed E-state index contributed by atoms with van der Waals surface area (Å²) in [4.78, 5) is 4.18. The van der Waals surface area contributed by atoms with E-state index in [1.165, 1.54) is 12.1 Å². The van der Waals surface area contributed by atoms with Gasteiger partial charge in [0.15, 0.2) is 16.6 Å². The van der Waals surface area contributed by atoms with E-state index >= 15 is 0 Å². The van der Waals surface area contributed by atoms with Crippen molar-refractivity contribution in [1.82, 2.24) is 4.98 Å². The molecular weight excluding hydrogens is 363 g/mol. The molecule has 1 N–H and O–H groups in total. The number of methoxy groups -OCH3 is 1. The zero-order chi connectivity index (χ0) is 17.6. The largest absolute Gasteiger partial charge is 0.493 e. The van der Waals surface area contributed by atoms with Crippen LogP contribution in [0.1, 0.15) is 11.1 Å². The highest BCUT2D eigenvalue weighted by Crippen LogP contribution is 2.30. The molecule has 0 amide bonds. The number of ether oxygens (including phenoxy) is 2. The summed E-state index contributed by atoms with van der Waals surface area (Å²) in [5.41, 5.74) is 1.75. The molecule has 130 valence electrons. The minimum atomic E-state index is -0.372. The number of hydrogen-bond acceptors (Lipinski definition) is 5. The first-order valence-corrected chi connectivity index (χ1v) is 8.78. The number of nitrogens with zero attached hydrogens (tertiary/aromatic N) is 1. The molecule has 4 nitrogen and oxygen atoms in total. The van der Waals surface area contributed by atoms with Gasteiger partial charge in [0.1, 0.15) is 12.4 Å². The van der Waals surface area contributed by atoms with Crippen LogP contribution in [-0.4, -0.2) is 12.1 Å². The summed E-state index contributed by atoms with van der Waals surface area (Å²) in [5, 5.41) is 6.36. The molecule has 0 atom stereocenters. The minimum absolute atomic E-state index is 0.228. The third kappa shape index (κ3) is 4.61. The highest BCUT2D eigenvalue weighted by atomic mass is 35.5. The van der Waals surface area contributed by atoms with E-state index in [4.69, 9.17) is 21.1 Å². The standard InChI is InChI=1S/C18H16ClFN2O2S/c1-23-17-8-12(10-22-18-21-6-7-25-18)2-5-16(17)24-11-13-3-4-14(20)9-15(13)19/h2-9H,10-11H2,1H3,(H,21,22). The van der Waals surface area contributed by atoms with Gasteiger partial charge < -0.3 is 14.8 Å². The Kier molecular flexibility index (Phi) is 5.73. The van der Waals surface area contributed by atoms with Crippen LogP contribution in [0.25, 0.3) is 0 Å². The number of halogens is 2. The van der Waals surface area contributed by atoms with Crippen molar-refractivity contribution < 1.29 is 13.9 Å². The molecule has 0 bridgehead atoms. The lowest BCUT2D eigenvalue weighted by Gasteiger charge is -2.13. The van der Waals surface area contributed by atoms with Crippen LogP contribution < -0.4 is 14.8 Å². The fourth-order valence-corrected chi connectivity index (χ4v) is 2.97. The Bertz CT molecular complexity index is 843. The van der Waals surface area contributed by atoms with Gasteiger partial charge in [-0.1, -0.05) is 23.7 Å². The van der Waals surface area contributed by atoms with Crippen LogP contribution in [-0.2, 0) is 13.2 Å². The van der Waals surface area contributed by atoms with Crippen molar-refractivity contribution in [1.29, 1.82) is 0 Å². The maximum Gasteiger partial charge on any atom is 0.182 e. The second kappa shape index (κ2) is 8.18. The SMILES string of the molecule is COc1cc(CNc2nccs2)ccc1OCc1ccc(F)cc1Cl. The Morgan fingerprint density at radius 1 is 1.20 bits per heavy atom. The van der Waals surface area contributed by atoms with Crippen molar-refractivity contribution in [2.75, 3.05) is 12.4 Å². The number of aromatic nitrogens is 1. The summed E-state index contributed by atoms with van der Waals surface area (Å²) in [7, 11) is 1.59. The van der Waals surface area contributed by atoms with Gasteiger partial charge in [0.2, 0.25) is 0 Å². The van der Waals surface area contributed by atoms with Crippen molar-refractivity contribution in [2.45, 2.75) is 13.2 Å². The van der Waals surface area contributed by atoms with Crippen molar-refractivity contribution in [3.63, 3.8) is 0 Å². The normalized spacial score (nSPS) is 10.5. The van der Waals surface area contributed by atoms with E-state index in [-0.39, 0.29) is 12.4 Å². The van der Waals surface area contributed by atoms with Gasteiger partial charge in [0, 0.05) is 23.7 Å². The van der Waals surface area contributed by atoms with Crippen molar-refractivity contribution in [2.24, 2.45) is 0 Å². The first-order valence-electron chi connectivity index (χ1n) is 7.52. The van der Waals surface area contributed by atoms with E-state index in [2.05, 4.69) is 10.3 Å². The van der Waals surface area contributed by atoms with Gasteiger partial charge in [-0.2, -0.15) is 0 Å². The molecule has 0 aliphatic carbocycles. The van der Waals surface area contributed by atoms with Crippen molar-refractivity contribution >= 4 is 28.1 Å². The van der Waals surface area contributed by atoms with Gasteiger partial charge in [-0.05, 0) is 29.8 Å². The molecule has 3 rings (SSSR count). The molecule has 0 saturated carbocycles. The molecule has 0 fully saturated rings. The quantitative estimate of drug-likeness (QED) is 0.618. The van der Waals surface area contributed by atoms with Gasteiger partial charge in [-0.3, -0.25) is 0 Å². The van der Waals surface area contributed by atoms with Gasteiger partial charge in [-0.25, -0.2) is 9.37 Å². The highest BCUT2D eigenvalue weighted by molar-refractivity contribution is 7.13. The molecule has 2 aromatic carbocycles. The van der Waals surface area contributed by atoms with Crippen LogP contribution in [0.2, 0.25) is 5.02 Å². The predicted octanol–water partition coefficient (Wildman–Crippen LogP) is 5.14. The molecule has 1 aromatic heterocycles. The smallest absolute Gasteiger partial charge is 0.182 e. The molecule has 0 unspecified atom stereocenters. The zero-order valence-corrected chi connectivity index (χ0v) is 15.0. The lowest BCUT2D eigenvalue weighted by Crippen LogP contribution is -2.02. The average molecular weight is 379 g/mol. The second-order valence-electron chi connectivity index (χ2n) is 5.20. The maximum atomic E-state index is 13.1. The molecule has 0 saturated heterocycles. The van der Waals surface area contributed by atoms with Crippen molar-refractivity contribution in [3.05, 3.63) is 69.9 Å². The molecule has 25 heavy (non-hydrogen) atoms. The molecular formula is C18H16ClFN2O2S. The summed E-state index contributed by atoms with van der Waals surface area (Å²) in [6, 6.07) is 9.93. The Hall–Kier alpha value is -2.31. The van der Waals surface area contributed by atoms with Crippen LogP contribution >= 0.6 is 22.9 Å². The third-order valence-electron chi connectivity index (χ3n) is 3.50. The first kappa shape index (κ1) is 17.5. The monoisotopic (exact) mass is 378 g/mol. The summed E-state index contributed by atoms with van der Waals surface area (Å²) in [5.74, 6) is 0.848. The summed E-state index contributed by atoms with van der Waals surface area (Å²) in [6.07, 6.45) is 1.76. The van der Waals surface area contributed by atoms with Gasteiger partial charge in [0.25, 0.3) is 0 Å². The summed E-state index contributed by atoms with van der Waals surface area (Å²) >= 11 is 7.57. The van der Waals surface area contributed by atoms with Crippen LogP contribution in [0.5, 0.6) is 11.5 Å². The van der Waals surface area contributed by atoms with Crippen LogP contribution in [0.15, 0.2) is 48.0 Å². The van der Waals surface area contributed by atoms with Gasteiger partial charge >= 0.3 is 0 Å². The fourth-order valence-electron chi connectivity index (χ4n) is 2.22. The van der Waals surface area contributed by atoms with E-state index < -0.39 is 0 Å². The third-order valence-corrected chi connectivity index (χ3v) is 4.59. The Morgan fingerprint density at radius 3 is 2.80 bits per heavy atom. The van der Waals surface area contributed by atoms with Crippen LogP contribution in [0, 0.1) is 5.82 Å². The number of thiazole rings is 1. The number of anilines is 1. The van der Waals surface area contributed by atoms with Gasteiger partial charge in [-0.15, -0.1) is 11.3 Å².